The summed E-state index contributed by atoms with van der Waals surface area (Å²) in [5, 5.41) is 18.5. The lowest BCUT2D eigenvalue weighted by molar-refractivity contribution is -0.115. The van der Waals surface area contributed by atoms with Crippen LogP contribution in [0.2, 0.25) is 0 Å². The molecule has 1 amide bonds. The predicted molar refractivity (Wildman–Crippen MR) is 138 cm³/mol. The van der Waals surface area contributed by atoms with Gasteiger partial charge in [-0.25, -0.2) is 10.4 Å². The fraction of sp³-hybridized carbons (Fsp3) is 0.167. The Hall–Kier alpha value is -3.76. The highest BCUT2D eigenvalue weighted by Crippen LogP contribution is 2.22. The lowest BCUT2D eigenvalue weighted by Crippen LogP contribution is -2.15. The lowest BCUT2D eigenvalue weighted by Gasteiger charge is -2.06. The summed E-state index contributed by atoms with van der Waals surface area (Å²) in [5.41, 5.74) is 5.56. The molecule has 174 valence electrons. The number of rotatable bonds is 8. The third kappa shape index (κ3) is 5.77. The van der Waals surface area contributed by atoms with E-state index >= 15 is 0 Å². The maximum atomic E-state index is 12.4. The van der Waals surface area contributed by atoms with Crippen molar-refractivity contribution in [3.8, 4) is 5.88 Å². The highest BCUT2D eigenvalue weighted by Gasteiger charge is 2.11. The van der Waals surface area contributed by atoms with Crippen molar-refractivity contribution in [2.45, 2.75) is 26.8 Å². The second kappa shape index (κ2) is 10.9. The Labute approximate surface area is 205 Å². The van der Waals surface area contributed by atoms with E-state index in [0.717, 1.165) is 21.8 Å². The zero-order chi connectivity index (χ0) is 23.9. The minimum Gasteiger partial charge on any atom is -0.493 e. The molecule has 2 heterocycles. The summed E-state index contributed by atoms with van der Waals surface area (Å²) >= 11 is 2.67. The second-order valence-electron chi connectivity index (χ2n) is 7.31. The smallest absolute Gasteiger partial charge is 0.229 e. The highest BCUT2D eigenvalue weighted by atomic mass is 32.1. The number of nitrogens with one attached hydrogen (secondary N) is 2. The number of carbonyl (C=O) groups excluding carboxylic acids is 1. The molecule has 0 radical (unpaired) electrons. The molecule has 0 bridgehead atoms. The SMILES string of the molecule is CCn1c(O)c(C=Nc2ccccc2)sc1=NNc1ncc(CC(=O)Nc2ccccc2C)s1. The fourth-order valence-corrected chi connectivity index (χ4v) is 4.80. The minimum absolute atomic E-state index is 0.101. The molecule has 2 aromatic heterocycles. The zero-order valence-electron chi connectivity index (χ0n) is 18.7. The van der Waals surface area contributed by atoms with Gasteiger partial charge in [0.1, 0.15) is 4.88 Å². The third-order valence-corrected chi connectivity index (χ3v) is 6.77. The van der Waals surface area contributed by atoms with Gasteiger partial charge in [0.05, 0.1) is 18.3 Å². The number of benzene rings is 2. The molecule has 0 saturated carbocycles. The average Bonchev–Trinajstić information content (AvgIpc) is 3.41. The van der Waals surface area contributed by atoms with E-state index in [4.69, 9.17) is 0 Å². The van der Waals surface area contributed by atoms with Crippen LogP contribution in [0.5, 0.6) is 5.88 Å². The molecule has 4 aromatic rings. The summed E-state index contributed by atoms with van der Waals surface area (Å²) in [6.45, 7) is 4.43. The Bertz CT molecular complexity index is 1370. The molecule has 0 atom stereocenters. The monoisotopic (exact) mass is 492 g/mol. The van der Waals surface area contributed by atoms with Crippen LogP contribution in [0.4, 0.5) is 16.5 Å². The molecular formula is C24H24N6O2S2. The summed E-state index contributed by atoms with van der Waals surface area (Å²) in [6, 6.07) is 17.2. The molecule has 0 aliphatic carbocycles. The fourth-order valence-electron chi connectivity index (χ4n) is 3.12. The lowest BCUT2D eigenvalue weighted by atomic mass is 10.2. The molecule has 2 aromatic carbocycles. The van der Waals surface area contributed by atoms with Crippen LogP contribution < -0.4 is 15.5 Å². The maximum Gasteiger partial charge on any atom is 0.229 e. The molecular weight excluding hydrogens is 468 g/mol. The number of nitrogens with zero attached hydrogens (tertiary/aromatic N) is 4. The standard InChI is InChI=1S/C24H24N6O2S2/c1-3-30-22(32)20(15-25-17-10-5-4-6-11-17)34-24(30)29-28-23-26-14-18(33-23)13-21(31)27-19-12-8-7-9-16(19)2/h4-12,14-15,32H,3,13H2,1-2H3,(H,26,28)(H,27,31). The van der Waals surface area contributed by atoms with Crippen LogP contribution in [0.25, 0.3) is 0 Å². The number of aromatic nitrogens is 2. The number of anilines is 2. The highest BCUT2D eigenvalue weighted by molar-refractivity contribution is 7.15. The van der Waals surface area contributed by atoms with E-state index in [0.29, 0.717) is 21.4 Å². The first-order valence-corrected chi connectivity index (χ1v) is 12.3. The topological polar surface area (TPSA) is 104 Å². The van der Waals surface area contributed by atoms with Gasteiger partial charge in [0.2, 0.25) is 21.7 Å². The van der Waals surface area contributed by atoms with Crippen LogP contribution in [-0.2, 0) is 17.8 Å². The second-order valence-corrected chi connectivity index (χ2v) is 9.43. The molecule has 0 aliphatic rings. The molecule has 10 heteroatoms. The normalized spacial score (nSPS) is 11.8. The summed E-state index contributed by atoms with van der Waals surface area (Å²) < 4.78 is 1.69. The molecule has 0 saturated heterocycles. The van der Waals surface area contributed by atoms with Crippen molar-refractivity contribution < 1.29 is 9.90 Å². The Balaban J connectivity index is 1.44. The number of thiazole rings is 2. The molecule has 0 spiro atoms. The van der Waals surface area contributed by atoms with Gasteiger partial charge < -0.3 is 10.4 Å². The number of hydrogen-bond donors (Lipinski definition) is 3. The minimum atomic E-state index is -0.101. The van der Waals surface area contributed by atoms with Crippen molar-refractivity contribution in [3.05, 3.63) is 80.9 Å². The third-order valence-electron chi connectivity index (χ3n) is 4.87. The van der Waals surface area contributed by atoms with Crippen LogP contribution in [0.15, 0.2) is 70.9 Å². The van der Waals surface area contributed by atoms with Crippen LogP contribution in [0.3, 0.4) is 0 Å². The van der Waals surface area contributed by atoms with Crippen LogP contribution in [0, 0.1) is 6.92 Å². The molecule has 8 nitrogen and oxygen atoms in total. The summed E-state index contributed by atoms with van der Waals surface area (Å²) in [4.78, 5) is 23.1. The molecule has 34 heavy (non-hydrogen) atoms. The number of para-hydroxylation sites is 2. The Morgan fingerprint density at radius 2 is 1.91 bits per heavy atom. The van der Waals surface area contributed by atoms with Crippen molar-refractivity contribution in [2.24, 2.45) is 10.1 Å². The van der Waals surface area contributed by atoms with Crippen LogP contribution in [-0.4, -0.2) is 26.8 Å². The van der Waals surface area contributed by atoms with Crippen molar-refractivity contribution in [1.29, 1.82) is 0 Å². The van der Waals surface area contributed by atoms with E-state index < -0.39 is 0 Å². The van der Waals surface area contributed by atoms with Gasteiger partial charge in [0, 0.05) is 23.3 Å². The number of aliphatic imine (C=N–C) groups is 1. The van der Waals surface area contributed by atoms with Gasteiger partial charge >= 0.3 is 0 Å². The maximum absolute atomic E-state index is 12.4. The van der Waals surface area contributed by atoms with Gasteiger partial charge in [-0.1, -0.05) is 59.1 Å². The molecule has 0 fully saturated rings. The van der Waals surface area contributed by atoms with Gasteiger partial charge in [-0.2, -0.15) is 0 Å². The number of aromatic hydroxyl groups is 1. The predicted octanol–water partition coefficient (Wildman–Crippen LogP) is 4.90. The Morgan fingerprint density at radius 3 is 2.68 bits per heavy atom. The van der Waals surface area contributed by atoms with Crippen molar-refractivity contribution in [1.82, 2.24) is 9.55 Å². The van der Waals surface area contributed by atoms with E-state index in [2.05, 4.69) is 25.8 Å². The van der Waals surface area contributed by atoms with E-state index in [1.54, 1.807) is 17.0 Å². The van der Waals surface area contributed by atoms with Crippen molar-refractivity contribution >= 4 is 51.3 Å². The van der Waals surface area contributed by atoms with Gasteiger partial charge in [-0.15, -0.1) is 5.10 Å². The van der Waals surface area contributed by atoms with Crippen LogP contribution in [0.1, 0.15) is 22.2 Å². The molecule has 3 N–H and O–H groups in total. The molecule has 4 rings (SSSR count). The number of carbonyl (C=O) groups is 1. The number of aryl methyl sites for hydroxylation is 1. The van der Waals surface area contributed by atoms with Gasteiger partial charge in [-0.3, -0.25) is 14.4 Å². The van der Waals surface area contributed by atoms with E-state index in [1.165, 1.54) is 22.7 Å². The van der Waals surface area contributed by atoms with Gasteiger partial charge in [-0.05, 0) is 37.6 Å². The first-order chi connectivity index (χ1) is 16.5. The van der Waals surface area contributed by atoms with Gasteiger partial charge in [0.15, 0.2) is 0 Å². The number of hydrogen-bond acceptors (Lipinski definition) is 8. The summed E-state index contributed by atoms with van der Waals surface area (Å²) in [7, 11) is 0. The van der Waals surface area contributed by atoms with Crippen molar-refractivity contribution in [2.75, 3.05) is 10.7 Å². The largest absolute Gasteiger partial charge is 0.493 e. The quantitative estimate of drug-likeness (QED) is 0.240. The van der Waals surface area contributed by atoms with E-state index in [1.807, 2.05) is 68.4 Å². The molecule has 0 unspecified atom stereocenters. The Kier molecular flexibility index (Phi) is 7.51. The van der Waals surface area contributed by atoms with Crippen LogP contribution >= 0.6 is 22.7 Å². The van der Waals surface area contributed by atoms with E-state index in [-0.39, 0.29) is 18.2 Å². The van der Waals surface area contributed by atoms with E-state index in [9.17, 15) is 9.90 Å². The summed E-state index contributed by atoms with van der Waals surface area (Å²) in [5.74, 6) is 0.0104. The Morgan fingerprint density at radius 1 is 1.15 bits per heavy atom. The molecule has 0 aliphatic heterocycles. The van der Waals surface area contributed by atoms with Gasteiger partial charge in [0.25, 0.3) is 0 Å². The number of amides is 1. The first kappa shape index (κ1) is 23.4. The average molecular weight is 493 g/mol. The first-order valence-electron chi connectivity index (χ1n) is 10.6. The zero-order valence-corrected chi connectivity index (χ0v) is 20.4. The summed E-state index contributed by atoms with van der Waals surface area (Å²) in [6.07, 6.45) is 3.52. The van der Waals surface area contributed by atoms with Crippen molar-refractivity contribution in [3.63, 3.8) is 0 Å².